The molecular weight excluding hydrogens is 294 g/mol. The number of nitrogen functional groups attached to an aromatic ring is 1. The van der Waals surface area contributed by atoms with Crippen LogP contribution in [0.4, 0.5) is 11.5 Å². The van der Waals surface area contributed by atoms with E-state index in [9.17, 15) is 8.42 Å². The summed E-state index contributed by atoms with van der Waals surface area (Å²) >= 11 is 6.85. The van der Waals surface area contributed by atoms with Crippen LogP contribution in [0, 0.1) is 6.92 Å². The molecule has 2 heterocycles. The molecule has 96 valence electrons. The van der Waals surface area contributed by atoms with Crippen molar-refractivity contribution in [1.82, 2.24) is 4.98 Å². The first-order valence-corrected chi connectivity index (χ1v) is 7.57. The van der Waals surface area contributed by atoms with E-state index in [0.29, 0.717) is 4.34 Å². The van der Waals surface area contributed by atoms with Crippen LogP contribution in [0.1, 0.15) is 5.56 Å². The maximum atomic E-state index is 12.1. The third-order valence-electron chi connectivity index (χ3n) is 2.17. The third kappa shape index (κ3) is 2.58. The molecule has 0 aliphatic rings. The summed E-state index contributed by atoms with van der Waals surface area (Å²) in [6.45, 7) is 1.74. The summed E-state index contributed by atoms with van der Waals surface area (Å²) in [6.07, 6.45) is 1.46. The fourth-order valence-corrected chi connectivity index (χ4v) is 3.99. The maximum absolute atomic E-state index is 12.1. The smallest absolute Gasteiger partial charge is 0.272 e. The van der Waals surface area contributed by atoms with Gasteiger partial charge in [-0.15, -0.1) is 11.3 Å². The summed E-state index contributed by atoms with van der Waals surface area (Å²) in [5, 5.41) is 0. The number of halogens is 1. The van der Waals surface area contributed by atoms with Gasteiger partial charge in [-0.3, -0.25) is 4.72 Å². The second-order valence-electron chi connectivity index (χ2n) is 3.57. The Morgan fingerprint density at radius 2 is 2.22 bits per heavy atom. The van der Waals surface area contributed by atoms with E-state index in [1.54, 1.807) is 19.1 Å². The molecule has 0 unspecified atom stereocenters. The lowest BCUT2D eigenvalue weighted by Crippen LogP contribution is -2.13. The van der Waals surface area contributed by atoms with Gasteiger partial charge < -0.3 is 5.73 Å². The number of aryl methyl sites for hydroxylation is 1. The van der Waals surface area contributed by atoms with Gasteiger partial charge in [-0.05, 0) is 30.7 Å². The van der Waals surface area contributed by atoms with Gasteiger partial charge in [0.05, 0.1) is 10.0 Å². The Labute approximate surface area is 114 Å². The molecule has 0 aliphatic carbocycles. The Morgan fingerprint density at radius 1 is 1.50 bits per heavy atom. The van der Waals surface area contributed by atoms with Crippen LogP contribution < -0.4 is 10.5 Å². The van der Waals surface area contributed by atoms with Gasteiger partial charge in [0.2, 0.25) is 0 Å². The standard InChI is InChI=1S/C10H10ClN3O2S2/c1-6-5-8(17-9(6)11)18(15,16)14-10-7(12)3-2-4-13-10/h2-5H,12H2,1H3,(H,13,14). The molecule has 5 nitrogen and oxygen atoms in total. The first-order chi connectivity index (χ1) is 8.40. The van der Waals surface area contributed by atoms with E-state index in [-0.39, 0.29) is 15.7 Å². The first kappa shape index (κ1) is 13.1. The monoisotopic (exact) mass is 303 g/mol. The van der Waals surface area contributed by atoms with Crippen molar-refractivity contribution in [3.8, 4) is 0 Å². The van der Waals surface area contributed by atoms with Crippen LogP contribution in [0.5, 0.6) is 0 Å². The summed E-state index contributed by atoms with van der Waals surface area (Å²) in [4.78, 5) is 3.87. The second-order valence-corrected chi connectivity index (χ2v) is 7.13. The highest BCUT2D eigenvalue weighted by Crippen LogP contribution is 2.31. The molecule has 2 rings (SSSR count). The van der Waals surface area contributed by atoms with Gasteiger partial charge in [0.15, 0.2) is 5.82 Å². The Morgan fingerprint density at radius 3 is 2.78 bits per heavy atom. The summed E-state index contributed by atoms with van der Waals surface area (Å²) in [5.41, 5.74) is 6.61. The molecule has 2 aromatic rings. The molecule has 0 bridgehead atoms. The van der Waals surface area contributed by atoms with Crippen LogP contribution in [0.15, 0.2) is 28.6 Å². The number of hydrogen-bond donors (Lipinski definition) is 2. The fraction of sp³-hybridized carbons (Fsp3) is 0.100. The molecule has 0 aromatic carbocycles. The number of nitrogens with zero attached hydrogens (tertiary/aromatic N) is 1. The van der Waals surface area contributed by atoms with E-state index in [1.807, 2.05) is 0 Å². The fourth-order valence-electron chi connectivity index (χ4n) is 1.24. The second kappa shape index (κ2) is 4.75. The molecule has 0 radical (unpaired) electrons. The predicted molar refractivity (Wildman–Crippen MR) is 73.5 cm³/mol. The number of rotatable bonds is 3. The van der Waals surface area contributed by atoms with Crippen molar-refractivity contribution in [1.29, 1.82) is 0 Å². The van der Waals surface area contributed by atoms with E-state index in [4.69, 9.17) is 17.3 Å². The van der Waals surface area contributed by atoms with E-state index >= 15 is 0 Å². The van der Waals surface area contributed by atoms with Gasteiger partial charge in [0.25, 0.3) is 10.0 Å². The van der Waals surface area contributed by atoms with Gasteiger partial charge >= 0.3 is 0 Å². The van der Waals surface area contributed by atoms with Crippen molar-refractivity contribution in [3.63, 3.8) is 0 Å². The minimum absolute atomic E-state index is 0.111. The molecule has 2 aromatic heterocycles. The first-order valence-electron chi connectivity index (χ1n) is 4.89. The topological polar surface area (TPSA) is 85.1 Å². The highest BCUT2D eigenvalue weighted by Gasteiger charge is 2.19. The zero-order valence-electron chi connectivity index (χ0n) is 9.34. The summed E-state index contributed by atoms with van der Waals surface area (Å²) < 4.78 is 27.0. The van der Waals surface area contributed by atoms with E-state index in [1.165, 1.54) is 12.3 Å². The number of hydrogen-bond acceptors (Lipinski definition) is 5. The molecule has 0 spiro atoms. The minimum Gasteiger partial charge on any atom is -0.396 e. The van der Waals surface area contributed by atoms with Gasteiger partial charge in [-0.25, -0.2) is 13.4 Å². The van der Waals surface area contributed by atoms with Crippen molar-refractivity contribution in [3.05, 3.63) is 34.3 Å². The molecule has 0 amide bonds. The quantitative estimate of drug-likeness (QED) is 0.912. The number of aromatic nitrogens is 1. The van der Waals surface area contributed by atoms with Gasteiger partial charge in [0, 0.05) is 6.20 Å². The largest absolute Gasteiger partial charge is 0.396 e. The molecule has 3 N–H and O–H groups in total. The van der Waals surface area contributed by atoms with E-state index in [0.717, 1.165) is 16.9 Å². The number of nitrogens with two attached hydrogens (primary N) is 1. The van der Waals surface area contributed by atoms with Crippen molar-refractivity contribution in [2.75, 3.05) is 10.5 Å². The predicted octanol–water partition coefficient (Wildman–Crippen LogP) is 2.49. The molecule has 8 heteroatoms. The zero-order valence-corrected chi connectivity index (χ0v) is 11.7. The van der Waals surface area contributed by atoms with Crippen LogP contribution in [-0.4, -0.2) is 13.4 Å². The average molecular weight is 304 g/mol. The maximum Gasteiger partial charge on any atom is 0.272 e. The molecule has 0 atom stereocenters. The van der Waals surface area contributed by atoms with Crippen LogP contribution in [0.2, 0.25) is 4.34 Å². The Bertz CT molecular complexity index is 663. The molecule has 0 saturated carbocycles. The third-order valence-corrected chi connectivity index (χ3v) is 5.54. The van der Waals surface area contributed by atoms with Crippen molar-refractivity contribution < 1.29 is 8.42 Å². The molecule has 18 heavy (non-hydrogen) atoms. The molecule has 0 aliphatic heterocycles. The number of nitrogens with one attached hydrogen (secondary N) is 1. The normalized spacial score (nSPS) is 11.4. The highest BCUT2D eigenvalue weighted by molar-refractivity contribution is 7.94. The average Bonchev–Trinajstić information content (AvgIpc) is 2.63. The van der Waals surface area contributed by atoms with Crippen LogP contribution in [0.25, 0.3) is 0 Å². The van der Waals surface area contributed by atoms with Crippen molar-refractivity contribution >= 4 is 44.5 Å². The number of thiophene rings is 1. The van der Waals surface area contributed by atoms with Crippen molar-refractivity contribution in [2.45, 2.75) is 11.1 Å². The van der Waals surface area contributed by atoms with Gasteiger partial charge in [-0.1, -0.05) is 11.6 Å². The van der Waals surface area contributed by atoms with Crippen molar-refractivity contribution in [2.24, 2.45) is 0 Å². The summed E-state index contributed by atoms with van der Waals surface area (Å²) in [5.74, 6) is 0.111. The number of anilines is 2. The lowest BCUT2D eigenvalue weighted by molar-refractivity contribution is 0.603. The van der Waals surface area contributed by atoms with Crippen LogP contribution in [0.3, 0.4) is 0 Å². The van der Waals surface area contributed by atoms with Crippen LogP contribution >= 0.6 is 22.9 Å². The molecule has 0 saturated heterocycles. The lowest BCUT2D eigenvalue weighted by Gasteiger charge is -2.06. The Kier molecular flexibility index (Phi) is 3.47. The van der Waals surface area contributed by atoms with Crippen LogP contribution in [-0.2, 0) is 10.0 Å². The van der Waals surface area contributed by atoms with E-state index in [2.05, 4.69) is 9.71 Å². The Balaban J connectivity index is 2.36. The summed E-state index contributed by atoms with van der Waals surface area (Å²) in [6, 6.07) is 4.70. The molecule has 0 fully saturated rings. The number of sulfonamides is 1. The molecular formula is C10H10ClN3O2S2. The minimum atomic E-state index is -3.70. The number of pyridine rings is 1. The zero-order chi connectivity index (χ0) is 13.3. The Hall–Kier alpha value is -1.31. The highest BCUT2D eigenvalue weighted by atomic mass is 35.5. The SMILES string of the molecule is Cc1cc(S(=O)(=O)Nc2ncccc2N)sc1Cl. The van der Waals surface area contributed by atoms with Gasteiger partial charge in [-0.2, -0.15) is 0 Å². The summed E-state index contributed by atoms with van der Waals surface area (Å²) in [7, 11) is -3.70. The lowest BCUT2D eigenvalue weighted by atomic mass is 10.4. The van der Waals surface area contributed by atoms with E-state index < -0.39 is 10.0 Å². The van der Waals surface area contributed by atoms with Gasteiger partial charge in [0.1, 0.15) is 4.21 Å².